The first-order valence-electron chi connectivity index (χ1n) is 4.84. The van der Waals surface area contributed by atoms with Gasteiger partial charge in [0, 0.05) is 6.54 Å². The van der Waals surface area contributed by atoms with Gasteiger partial charge in [-0.1, -0.05) is 0 Å². The third-order valence-corrected chi connectivity index (χ3v) is 1.84. The standard InChI is InChI=1S/C10H13N5O/c1-2-13-10(16)6-14-9-4-3-7(12)8(5-11)15-9/h3-4H,2,6,12H2,1H3,(H,13,16)(H,14,15). The van der Waals surface area contributed by atoms with Gasteiger partial charge in [0.15, 0.2) is 5.69 Å². The Labute approximate surface area is 93.5 Å². The molecule has 0 bridgehead atoms. The lowest BCUT2D eigenvalue weighted by molar-refractivity contribution is -0.119. The Balaban J connectivity index is 2.62. The summed E-state index contributed by atoms with van der Waals surface area (Å²) in [4.78, 5) is 15.1. The maximum Gasteiger partial charge on any atom is 0.239 e. The van der Waals surface area contributed by atoms with Gasteiger partial charge in [-0.15, -0.1) is 0 Å². The SMILES string of the molecule is CCNC(=O)CNc1ccc(N)c(C#N)n1. The van der Waals surface area contributed by atoms with Crippen LogP contribution in [0.5, 0.6) is 0 Å². The zero-order chi connectivity index (χ0) is 12.0. The van der Waals surface area contributed by atoms with Gasteiger partial charge in [-0.25, -0.2) is 4.98 Å². The molecule has 1 aromatic rings. The number of anilines is 2. The summed E-state index contributed by atoms with van der Waals surface area (Å²) in [5.41, 5.74) is 5.99. The highest BCUT2D eigenvalue weighted by Crippen LogP contribution is 2.11. The highest BCUT2D eigenvalue weighted by Gasteiger charge is 2.03. The van der Waals surface area contributed by atoms with Gasteiger partial charge >= 0.3 is 0 Å². The second-order valence-electron chi connectivity index (χ2n) is 3.05. The monoisotopic (exact) mass is 219 g/mol. The first-order chi connectivity index (χ1) is 7.67. The Morgan fingerprint density at radius 2 is 2.38 bits per heavy atom. The number of nitriles is 1. The highest BCUT2D eigenvalue weighted by atomic mass is 16.1. The number of nitrogens with zero attached hydrogens (tertiary/aromatic N) is 2. The zero-order valence-electron chi connectivity index (χ0n) is 8.95. The molecule has 84 valence electrons. The number of hydrogen-bond acceptors (Lipinski definition) is 5. The van der Waals surface area contributed by atoms with Crippen LogP contribution in [0.25, 0.3) is 0 Å². The van der Waals surface area contributed by atoms with Gasteiger partial charge in [0.1, 0.15) is 11.9 Å². The molecule has 4 N–H and O–H groups in total. The molecule has 6 heteroatoms. The molecule has 1 rings (SSSR count). The fourth-order valence-corrected chi connectivity index (χ4v) is 1.09. The van der Waals surface area contributed by atoms with E-state index in [1.54, 1.807) is 12.1 Å². The number of carbonyl (C=O) groups is 1. The highest BCUT2D eigenvalue weighted by molar-refractivity contribution is 5.80. The Kier molecular flexibility index (Phi) is 4.09. The Bertz CT molecular complexity index is 424. The van der Waals surface area contributed by atoms with Crippen molar-refractivity contribution in [1.29, 1.82) is 5.26 Å². The average molecular weight is 219 g/mol. The molecule has 0 radical (unpaired) electrons. The van der Waals surface area contributed by atoms with Crippen LogP contribution in [0.4, 0.5) is 11.5 Å². The van der Waals surface area contributed by atoms with Crippen LogP contribution in [0.2, 0.25) is 0 Å². The van der Waals surface area contributed by atoms with E-state index in [1.165, 1.54) is 0 Å². The van der Waals surface area contributed by atoms with Crippen LogP contribution >= 0.6 is 0 Å². The maximum atomic E-state index is 11.1. The first kappa shape index (κ1) is 11.8. The molecule has 0 saturated carbocycles. The summed E-state index contributed by atoms with van der Waals surface area (Å²) in [6.07, 6.45) is 0. The van der Waals surface area contributed by atoms with E-state index in [2.05, 4.69) is 15.6 Å². The van der Waals surface area contributed by atoms with Gasteiger partial charge in [-0.3, -0.25) is 4.79 Å². The molecule has 0 aliphatic heterocycles. The number of likely N-dealkylation sites (N-methyl/N-ethyl adjacent to an activating group) is 1. The van der Waals surface area contributed by atoms with Gasteiger partial charge in [-0.2, -0.15) is 5.26 Å². The lowest BCUT2D eigenvalue weighted by atomic mass is 10.3. The van der Waals surface area contributed by atoms with Crippen molar-refractivity contribution in [3.63, 3.8) is 0 Å². The second-order valence-corrected chi connectivity index (χ2v) is 3.05. The van der Waals surface area contributed by atoms with Crippen LogP contribution in [0, 0.1) is 11.3 Å². The van der Waals surface area contributed by atoms with Gasteiger partial charge in [0.25, 0.3) is 0 Å². The molecule has 1 amide bonds. The number of nitrogens with one attached hydrogen (secondary N) is 2. The fraction of sp³-hybridized carbons (Fsp3) is 0.300. The topological polar surface area (TPSA) is 104 Å². The predicted molar refractivity (Wildman–Crippen MR) is 60.5 cm³/mol. The Hall–Kier alpha value is -2.29. The molecule has 0 aromatic carbocycles. The van der Waals surface area contributed by atoms with Crippen LogP contribution in [0.3, 0.4) is 0 Å². The molecule has 0 aliphatic rings. The predicted octanol–water partition coefficient (Wildman–Crippen LogP) is 0.0835. The van der Waals surface area contributed by atoms with Gasteiger partial charge in [0.05, 0.1) is 12.2 Å². The Morgan fingerprint density at radius 3 is 3.00 bits per heavy atom. The van der Waals surface area contributed by atoms with Crippen molar-refractivity contribution in [2.75, 3.05) is 24.1 Å². The minimum atomic E-state index is -0.125. The van der Waals surface area contributed by atoms with E-state index in [9.17, 15) is 4.79 Å². The van der Waals surface area contributed by atoms with Crippen LogP contribution in [0.15, 0.2) is 12.1 Å². The quantitative estimate of drug-likeness (QED) is 0.665. The number of aromatic nitrogens is 1. The summed E-state index contributed by atoms with van der Waals surface area (Å²) in [5, 5.41) is 14.1. The van der Waals surface area contributed by atoms with E-state index < -0.39 is 0 Å². The van der Waals surface area contributed by atoms with Crippen molar-refractivity contribution in [2.45, 2.75) is 6.92 Å². The van der Waals surface area contributed by atoms with E-state index in [1.807, 2.05) is 13.0 Å². The number of pyridine rings is 1. The van der Waals surface area contributed by atoms with Gasteiger partial charge < -0.3 is 16.4 Å². The van der Waals surface area contributed by atoms with Crippen molar-refractivity contribution in [1.82, 2.24) is 10.3 Å². The molecule has 1 aromatic heterocycles. The number of nitrogens with two attached hydrogens (primary N) is 1. The summed E-state index contributed by atoms with van der Waals surface area (Å²) >= 11 is 0. The summed E-state index contributed by atoms with van der Waals surface area (Å²) in [6.45, 7) is 2.54. The van der Waals surface area contributed by atoms with E-state index in [0.717, 1.165) is 0 Å². The molecule has 0 aliphatic carbocycles. The van der Waals surface area contributed by atoms with Crippen LogP contribution < -0.4 is 16.4 Å². The summed E-state index contributed by atoms with van der Waals surface area (Å²) in [7, 11) is 0. The molecule has 1 heterocycles. The molecular weight excluding hydrogens is 206 g/mol. The van der Waals surface area contributed by atoms with Crippen molar-refractivity contribution < 1.29 is 4.79 Å². The van der Waals surface area contributed by atoms with Gasteiger partial charge in [-0.05, 0) is 19.1 Å². The number of rotatable bonds is 4. The number of nitrogen functional groups attached to an aromatic ring is 1. The minimum absolute atomic E-state index is 0.121. The van der Waals surface area contributed by atoms with Crippen LogP contribution in [0.1, 0.15) is 12.6 Å². The summed E-state index contributed by atoms with van der Waals surface area (Å²) < 4.78 is 0. The average Bonchev–Trinajstić information content (AvgIpc) is 2.28. The van der Waals surface area contributed by atoms with Crippen molar-refractivity contribution >= 4 is 17.4 Å². The minimum Gasteiger partial charge on any atom is -0.396 e. The third kappa shape index (κ3) is 3.13. The lowest BCUT2D eigenvalue weighted by Crippen LogP contribution is -2.29. The summed E-state index contributed by atoms with van der Waals surface area (Å²) in [6, 6.07) is 5.07. The smallest absolute Gasteiger partial charge is 0.239 e. The normalized spacial score (nSPS) is 9.25. The molecule has 0 spiro atoms. The van der Waals surface area contributed by atoms with E-state index >= 15 is 0 Å². The van der Waals surface area contributed by atoms with Gasteiger partial charge in [0.2, 0.25) is 5.91 Å². The summed E-state index contributed by atoms with van der Waals surface area (Å²) in [5.74, 6) is 0.330. The Morgan fingerprint density at radius 1 is 1.62 bits per heavy atom. The maximum absolute atomic E-state index is 11.1. The largest absolute Gasteiger partial charge is 0.396 e. The molecule has 0 unspecified atom stereocenters. The van der Waals surface area contributed by atoms with E-state index in [0.29, 0.717) is 18.1 Å². The molecule has 0 fully saturated rings. The number of hydrogen-bond donors (Lipinski definition) is 3. The molecule has 6 nitrogen and oxygen atoms in total. The van der Waals surface area contributed by atoms with E-state index in [4.69, 9.17) is 11.0 Å². The third-order valence-electron chi connectivity index (χ3n) is 1.84. The second kappa shape index (κ2) is 5.56. The molecule has 0 atom stereocenters. The molecule has 0 saturated heterocycles. The fourth-order valence-electron chi connectivity index (χ4n) is 1.09. The van der Waals surface area contributed by atoms with Crippen LogP contribution in [-0.4, -0.2) is 24.0 Å². The number of amides is 1. The van der Waals surface area contributed by atoms with E-state index in [-0.39, 0.29) is 18.1 Å². The number of carbonyl (C=O) groups excluding carboxylic acids is 1. The van der Waals surface area contributed by atoms with Crippen LogP contribution in [-0.2, 0) is 4.79 Å². The first-order valence-corrected chi connectivity index (χ1v) is 4.84. The lowest BCUT2D eigenvalue weighted by Gasteiger charge is -2.06. The molecule has 16 heavy (non-hydrogen) atoms. The van der Waals surface area contributed by atoms with Crippen molar-refractivity contribution in [3.8, 4) is 6.07 Å². The van der Waals surface area contributed by atoms with Crippen molar-refractivity contribution in [3.05, 3.63) is 17.8 Å². The molecular formula is C10H13N5O. The van der Waals surface area contributed by atoms with Crippen molar-refractivity contribution in [2.24, 2.45) is 0 Å². The zero-order valence-corrected chi connectivity index (χ0v) is 8.95.